The summed E-state index contributed by atoms with van der Waals surface area (Å²) in [5, 5.41) is 33.2. The molecule has 126 valence electrons. The van der Waals surface area contributed by atoms with Crippen LogP contribution in [0.1, 0.15) is 54.5 Å². The fraction of sp³-hybridized carbons (Fsp3) is 0.261. The second-order valence-corrected chi connectivity index (χ2v) is 6.44. The Bertz CT molecular complexity index is 1130. The lowest BCUT2D eigenvalue weighted by molar-refractivity contribution is 0.913. The maximum atomic E-state index is 9.77. The zero-order valence-electron chi connectivity index (χ0n) is 15.1. The van der Waals surface area contributed by atoms with Crippen LogP contribution in [0.15, 0.2) is 30.3 Å². The van der Waals surface area contributed by atoms with Crippen molar-refractivity contribution in [1.29, 1.82) is 15.8 Å². The van der Waals surface area contributed by atoms with Crippen molar-refractivity contribution >= 4 is 21.5 Å². The molecule has 0 aliphatic carbocycles. The van der Waals surface area contributed by atoms with Gasteiger partial charge in [-0.15, -0.1) is 0 Å². The molecule has 0 radical (unpaired) electrons. The van der Waals surface area contributed by atoms with Gasteiger partial charge >= 0.3 is 0 Å². The molecule has 0 atom stereocenters. The first-order valence-corrected chi connectivity index (χ1v) is 8.95. The molecule has 3 aromatic carbocycles. The Hall–Kier alpha value is -3.35. The number of hydrogen-bond acceptors (Lipinski definition) is 3. The quantitative estimate of drug-likeness (QED) is 0.589. The number of fused-ring (bicyclic) bond motifs is 2. The van der Waals surface area contributed by atoms with Crippen LogP contribution in [-0.4, -0.2) is 0 Å². The van der Waals surface area contributed by atoms with E-state index < -0.39 is 0 Å². The molecule has 3 nitrogen and oxygen atoms in total. The van der Waals surface area contributed by atoms with Crippen LogP contribution >= 0.6 is 0 Å². The lowest BCUT2D eigenvalue weighted by atomic mass is 9.83. The van der Waals surface area contributed by atoms with Crippen LogP contribution in [0.3, 0.4) is 0 Å². The third kappa shape index (κ3) is 2.57. The molecule has 3 heteroatoms. The van der Waals surface area contributed by atoms with Gasteiger partial charge in [0.05, 0.1) is 16.7 Å². The van der Waals surface area contributed by atoms with E-state index in [1.54, 1.807) is 0 Å². The number of benzene rings is 3. The van der Waals surface area contributed by atoms with E-state index in [-0.39, 0.29) is 5.56 Å². The van der Waals surface area contributed by atoms with E-state index in [4.69, 9.17) is 0 Å². The molecule has 0 aliphatic rings. The highest BCUT2D eigenvalue weighted by Gasteiger charge is 2.22. The third-order valence-electron chi connectivity index (χ3n) is 4.87. The fourth-order valence-corrected chi connectivity index (χ4v) is 3.86. The first kappa shape index (κ1) is 17.5. The van der Waals surface area contributed by atoms with Crippen molar-refractivity contribution < 1.29 is 0 Å². The van der Waals surface area contributed by atoms with E-state index in [0.29, 0.717) is 11.1 Å². The molecule has 0 saturated heterocycles. The molecule has 0 heterocycles. The summed E-state index contributed by atoms with van der Waals surface area (Å²) >= 11 is 0. The Kier molecular flexibility index (Phi) is 4.88. The standard InChI is InChI=1S/C23H19N3/c1-3-7-17-16-10-6-5-9-15(16)11-19-21(13-25)22(14-26)20(12-24)18(8-4-2)23(17)19/h5-6,9-11H,3-4,7-8H2,1-2H3. The predicted molar refractivity (Wildman–Crippen MR) is 104 cm³/mol. The molecule has 0 unspecified atom stereocenters. The second kappa shape index (κ2) is 7.26. The molecule has 0 saturated carbocycles. The molecule has 0 aromatic heterocycles. The van der Waals surface area contributed by atoms with E-state index in [2.05, 4.69) is 38.1 Å². The molecular weight excluding hydrogens is 318 g/mol. The van der Waals surface area contributed by atoms with Crippen LogP contribution in [0.2, 0.25) is 0 Å². The summed E-state index contributed by atoms with van der Waals surface area (Å²) in [6.07, 6.45) is 3.43. The van der Waals surface area contributed by atoms with Gasteiger partial charge in [-0.1, -0.05) is 51.0 Å². The van der Waals surface area contributed by atoms with Crippen molar-refractivity contribution in [1.82, 2.24) is 0 Å². The van der Waals surface area contributed by atoms with Crippen LogP contribution in [0.5, 0.6) is 0 Å². The van der Waals surface area contributed by atoms with E-state index >= 15 is 0 Å². The number of aryl methyl sites for hydroxylation is 2. The summed E-state index contributed by atoms with van der Waals surface area (Å²) in [6.45, 7) is 4.20. The lowest BCUT2D eigenvalue weighted by Crippen LogP contribution is -2.03. The van der Waals surface area contributed by atoms with E-state index in [0.717, 1.165) is 52.8 Å². The summed E-state index contributed by atoms with van der Waals surface area (Å²) in [7, 11) is 0. The molecule has 0 fully saturated rings. The number of hydrogen-bond donors (Lipinski definition) is 0. The topological polar surface area (TPSA) is 71.4 Å². The monoisotopic (exact) mass is 337 g/mol. The summed E-state index contributed by atoms with van der Waals surface area (Å²) < 4.78 is 0. The van der Waals surface area contributed by atoms with Crippen molar-refractivity contribution in [3.63, 3.8) is 0 Å². The van der Waals surface area contributed by atoms with E-state index in [1.165, 1.54) is 5.56 Å². The molecular formula is C23H19N3. The number of nitrogens with zero attached hydrogens (tertiary/aromatic N) is 3. The first-order chi connectivity index (χ1) is 12.7. The fourth-order valence-electron chi connectivity index (χ4n) is 3.86. The second-order valence-electron chi connectivity index (χ2n) is 6.44. The van der Waals surface area contributed by atoms with Crippen LogP contribution in [-0.2, 0) is 12.8 Å². The van der Waals surface area contributed by atoms with Gasteiger partial charge in [0.15, 0.2) is 0 Å². The third-order valence-corrected chi connectivity index (χ3v) is 4.87. The summed E-state index contributed by atoms with van der Waals surface area (Å²) in [4.78, 5) is 0. The molecule has 0 bridgehead atoms. The zero-order chi connectivity index (χ0) is 18.7. The maximum Gasteiger partial charge on any atom is 0.102 e. The van der Waals surface area contributed by atoms with Crippen molar-refractivity contribution in [3.05, 3.63) is 58.1 Å². The number of nitriles is 3. The van der Waals surface area contributed by atoms with Crippen LogP contribution in [0, 0.1) is 34.0 Å². The minimum absolute atomic E-state index is 0.212. The molecule has 26 heavy (non-hydrogen) atoms. The van der Waals surface area contributed by atoms with Gasteiger partial charge in [0.2, 0.25) is 0 Å². The smallest absolute Gasteiger partial charge is 0.102 e. The van der Waals surface area contributed by atoms with Crippen LogP contribution in [0.25, 0.3) is 21.5 Å². The van der Waals surface area contributed by atoms with Crippen LogP contribution < -0.4 is 0 Å². The van der Waals surface area contributed by atoms with E-state index in [1.807, 2.05) is 24.3 Å². The van der Waals surface area contributed by atoms with Gasteiger partial charge in [0.1, 0.15) is 18.2 Å². The average Bonchev–Trinajstić information content (AvgIpc) is 2.67. The highest BCUT2D eigenvalue weighted by molar-refractivity contribution is 6.07. The minimum Gasteiger partial charge on any atom is -0.192 e. The Morgan fingerprint density at radius 3 is 1.96 bits per heavy atom. The van der Waals surface area contributed by atoms with Crippen molar-refractivity contribution in [3.8, 4) is 18.2 Å². The van der Waals surface area contributed by atoms with Gasteiger partial charge in [-0.25, -0.2) is 0 Å². The number of rotatable bonds is 4. The molecule has 0 aliphatic heterocycles. The molecule has 0 N–H and O–H groups in total. The first-order valence-electron chi connectivity index (χ1n) is 8.95. The molecule has 3 rings (SSSR count). The van der Waals surface area contributed by atoms with Gasteiger partial charge in [-0.05, 0) is 46.2 Å². The summed E-state index contributed by atoms with van der Waals surface area (Å²) in [6, 6.07) is 16.7. The van der Waals surface area contributed by atoms with Crippen molar-refractivity contribution in [2.24, 2.45) is 0 Å². The van der Waals surface area contributed by atoms with Gasteiger partial charge < -0.3 is 0 Å². The Morgan fingerprint density at radius 2 is 1.35 bits per heavy atom. The Morgan fingerprint density at radius 1 is 0.731 bits per heavy atom. The van der Waals surface area contributed by atoms with Gasteiger partial charge in [0.25, 0.3) is 0 Å². The zero-order valence-corrected chi connectivity index (χ0v) is 15.1. The predicted octanol–water partition coefficient (Wildman–Crippen LogP) is 5.51. The van der Waals surface area contributed by atoms with Gasteiger partial charge in [0, 0.05) is 5.39 Å². The normalized spacial score (nSPS) is 10.4. The molecule has 3 aromatic rings. The van der Waals surface area contributed by atoms with Gasteiger partial charge in [-0.2, -0.15) is 15.8 Å². The largest absolute Gasteiger partial charge is 0.192 e. The lowest BCUT2D eigenvalue weighted by Gasteiger charge is -2.18. The van der Waals surface area contributed by atoms with E-state index in [9.17, 15) is 15.8 Å². The van der Waals surface area contributed by atoms with Crippen molar-refractivity contribution in [2.75, 3.05) is 0 Å². The Labute approximate surface area is 153 Å². The van der Waals surface area contributed by atoms with Crippen molar-refractivity contribution in [2.45, 2.75) is 39.5 Å². The Balaban J connectivity index is 2.69. The highest BCUT2D eigenvalue weighted by Crippen LogP contribution is 2.37. The highest BCUT2D eigenvalue weighted by atomic mass is 14.3. The summed E-state index contributed by atoms with van der Waals surface area (Å²) in [5.74, 6) is 0. The average molecular weight is 337 g/mol. The van der Waals surface area contributed by atoms with Gasteiger partial charge in [-0.3, -0.25) is 0 Å². The molecule has 0 spiro atoms. The molecule has 0 amide bonds. The van der Waals surface area contributed by atoms with Crippen LogP contribution in [0.4, 0.5) is 0 Å². The SMILES string of the molecule is CCCc1c(C#N)c(C#N)c(C#N)c2cc3ccccc3c(CCC)c12. The maximum absolute atomic E-state index is 9.77. The summed E-state index contributed by atoms with van der Waals surface area (Å²) in [5.41, 5.74) is 2.99. The minimum atomic E-state index is 0.212.